The Bertz CT molecular complexity index is 580. The molecule has 2 rings (SSSR count). The first-order valence-electron chi connectivity index (χ1n) is 5.34. The van der Waals surface area contributed by atoms with Gasteiger partial charge in [-0.15, -0.1) is 0 Å². The van der Waals surface area contributed by atoms with E-state index < -0.39 is 11.6 Å². The van der Waals surface area contributed by atoms with Gasteiger partial charge in [-0.2, -0.15) is 0 Å². The molecule has 0 nitrogen and oxygen atoms in total. The average molecular weight is 376 g/mol. The van der Waals surface area contributed by atoms with Crippen molar-refractivity contribution in [1.29, 1.82) is 0 Å². The van der Waals surface area contributed by atoms with Crippen LogP contribution in [0.15, 0.2) is 40.9 Å². The maximum Gasteiger partial charge on any atom is 0.128 e. The predicted molar refractivity (Wildman–Crippen MR) is 76.0 cm³/mol. The number of rotatable bonds is 2. The highest BCUT2D eigenvalue weighted by Crippen LogP contribution is 2.37. The summed E-state index contributed by atoms with van der Waals surface area (Å²) in [5, 5.41) is 0. The second-order valence-corrected chi connectivity index (χ2v) is 5.72. The lowest BCUT2D eigenvalue weighted by Gasteiger charge is -2.15. The number of benzene rings is 2. The van der Waals surface area contributed by atoms with E-state index in [-0.39, 0.29) is 4.83 Å². The fourth-order valence-corrected chi connectivity index (χ4v) is 3.28. The first kappa shape index (κ1) is 13.7. The van der Waals surface area contributed by atoms with E-state index in [4.69, 9.17) is 0 Å². The lowest BCUT2D eigenvalue weighted by molar-refractivity contribution is 0.588. The quantitative estimate of drug-likeness (QED) is 0.606. The topological polar surface area (TPSA) is 0 Å². The Morgan fingerprint density at radius 2 is 1.78 bits per heavy atom. The summed E-state index contributed by atoms with van der Waals surface area (Å²) >= 11 is 6.90. The molecule has 0 N–H and O–H groups in total. The summed E-state index contributed by atoms with van der Waals surface area (Å²) in [7, 11) is 0. The van der Waals surface area contributed by atoms with Crippen LogP contribution >= 0.6 is 31.9 Å². The molecule has 0 saturated carbocycles. The minimum atomic E-state index is -0.445. The largest absolute Gasteiger partial charge is 0.207 e. The second kappa shape index (κ2) is 5.49. The van der Waals surface area contributed by atoms with Crippen LogP contribution in [0.1, 0.15) is 21.5 Å². The monoisotopic (exact) mass is 374 g/mol. The van der Waals surface area contributed by atoms with Gasteiger partial charge in [0.15, 0.2) is 0 Å². The van der Waals surface area contributed by atoms with Gasteiger partial charge in [-0.3, -0.25) is 0 Å². The Balaban J connectivity index is 2.51. The Morgan fingerprint density at radius 1 is 1.06 bits per heavy atom. The number of hydrogen-bond acceptors (Lipinski definition) is 0. The van der Waals surface area contributed by atoms with Crippen LogP contribution in [-0.4, -0.2) is 0 Å². The summed E-state index contributed by atoms with van der Waals surface area (Å²) in [4.78, 5) is -0.387. The van der Waals surface area contributed by atoms with Crippen molar-refractivity contribution in [3.8, 4) is 0 Å². The zero-order valence-corrected chi connectivity index (χ0v) is 12.7. The van der Waals surface area contributed by atoms with Gasteiger partial charge in [-0.1, -0.05) is 50.1 Å². The molecular formula is C14H10Br2F2. The van der Waals surface area contributed by atoms with Gasteiger partial charge in [0.25, 0.3) is 0 Å². The molecule has 0 saturated heterocycles. The third kappa shape index (κ3) is 2.64. The molecule has 0 aromatic heterocycles. The van der Waals surface area contributed by atoms with Crippen LogP contribution in [0, 0.1) is 18.6 Å². The highest BCUT2D eigenvalue weighted by atomic mass is 79.9. The fraction of sp³-hybridized carbons (Fsp3) is 0.143. The van der Waals surface area contributed by atoms with Crippen LogP contribution in [0.25, 0.3) is 0 Å². The van der Waals surface area contributed by atoms with E-state index in [0.717, 1.165) is 27.7 Å². The minimum Gasteiger partial charge on any atom is -0.207 e. The molecule has 0 bridgehead atoms. The molecule has 1 atom stereocenters. The summed E-state index contributed by atoms with van der Waals surface area (Å²) < 4.78 is 27.8. The number of halogens is 4. The first-order chi connectivity index (χ1) is 8.50. The Kier molecular flexibility index (Phi) is 4.17. The molecule has 0 amide bonds. The second-order valence-electron chi connectivity index (χ2n) is 4.01. The normalized spacial score (nSPS) is 12.5. The van der Waals surface area contributed by atoms with Crippen LogP contribution in [-0.2, 0) is 0 Å². The lowest BCUT2D eigenvalue weighted by Crippen LogP contribution is -1.99. The third-order valence-corrected chi connectivity index (χ3v) is 4.80. The van der Waals surface area contributed by atoms with E-state index in [9.17, 15) is 8.78 Å². The van der Waals surface area contributed by atoms with Crippen molar-refractivity contribution in [1.82, 2.24) is 0 Å². The third-order valence-electron chi connectivity index (χ3n) is 2.73. The van der Waals surface area contributed by atoms with Crippen LogP contribution in [0.2, 0.25) is 0 Å². The van der Waals surface area contributed by atoms with Crippen molar-refractivity contribution in [2.45, 2.75) is 11.8 Å². The van der Waals surface area contributed by atoms with Gasteiger partial charge in [0, 0.05) is 10.0 Å². The molecule has 0 aliphatic carbocycles. The van der Waals surface area contributed by atoms with Crippen molar-refractivity contribution in [2.75, 3.05) is 0 Å². The smallest absolute Gasteiger partial charge is 0.128 e. The summed E-state index contributed by atoms with van der Waals surface area (Å²) in [6.45, 7) is 1.95. The molecule has 2 aromatic rings. The van der Waals surface area contributed by atoms with E-state index in [0.29, 0.717) is 5.56 Å². The van der Waals surface area contributed by atoms with E-state index in [2.05, 4.69) is 31.9 Å². The number of hydrogen-bond donors (Lipinski definition) is 0. The number of aryl methyl sites for hydroxylation is 1. The fourth-order valence-electron chi connectivity index (χ4n) is 1.74. The molecule has 2 aromatic carbocycles. The SMILES string of the molecule is Cc1cccc(C(Br)c2cc(F)ccc2F)c1Br. The lowest BCUT2D eigenvalue weighted by atomic mass is 10.0. The highest BCUT2D eigenvalue weighted by Gasteiger charge is 2.18. The van der Waals surface area contributed by atoms with E-state index in [1.807, 2.05) is 25.1 Å². The van der Waals surface area contributed by atoms with Gasteiger partial charge in [-0.25, -0.2) is 8.78 Å². The van der Waals surface area contributed by atoms with Gasteiger partial charge in [0.2, 0.25) is 0 Å². The molecule has 0 aliphatic heterocycles. The van der Waals surface area contributed by atoms with Crippen LogP contribution in [0.4, 0.5) is 8.78 Å². The van der Waals surface area contributed by atoms with Crippen LogP contribution in [0.5, 0.6) is 0 Å². The van der Waals surface area contributed by atoms with Crippen LogP contribution in [0.3, 0.4) is 0 Å². The summed E-state index contributed by atoms with van der Waals surface area (Å²) in [5.74, 6) is -0.869. The van der Waals surface area contributed by atoms with Gasteiger partial charge < -0.3 is 0 Å². The molecular weight excluding hydrogens is 366 g/mol. The predicted octanol–water partition coefficient (Wildman–Crippen LogP) is 5.52. The zero-order valence-electron chi connectivity index (χ0n) is 9.55. The summed E-state index contributed by atoms with van der Waals surface area (Å²) in [6, 6.07) is 9.19. The zero-order chi connectivity index (χ0) is 13.3. The Morgan fingerprint density at radius 3 is 2.50 bits per heavy atom. The van der Waals surface area contributed by atoms with Crippen molar-refractivity contribution >= 4 is 31.9 Å². The van der Waals surface area contributed by atoms with Gasteiger partial charge >= 0.3 is 0 Å². The molecule has 0 aliphatic rings. The van der Waals surface area contributed by atoms with Crippen molar-refractivity contribution < 1.29 is 8.78 Å². The molecule has 1 unspecified atom stereocenters. The average Bonchev–Trinajstić information content (AvgIpc) is 2.35. The minimum absolute atomic E-state index is 0.293. The molecule has 4 heteroatoms. The molecule has 94 valence electrons. The molecule has 0 radical (unpaired) electrons. The Hall–Kier alpha value is -0.740. The van der Waals surface area contributed by atoms with Gasteiger partial charge in [0.1, 0.15) is 11.6 Å². The molecule has 0 heterocycles. The first-order valence-corrected chi connectivity index (χ1v) is 7.05. The maximum absolute atomic E-state index is 13.7. The van der Waals surface area contributed by atoms with Gasteiger partial charge in [-0.05, 0) is 36.2 Å². The highest BCUT2D eigenvalue weighted by molar-refractivity contribution is 9.11. The van der Waals surface area contributed by atoms with Gasteiger partial charge in [0.05, 0.1) is 4.83 Å². The summed E-state index contributed by atoms with van der Waals surface area (Å²) in [5.41, 5.74) is 2.22. The van der Waals surface area contributed by atoms with Crippen molar-refractivity contribution in [2.24, 2.45) is 0 Å². The van der Waals surface area contributed by atoms with Crippen molar-refractivity contribution in [3.05, 3.63) is 69.2 Å². The number of alkyl halides is 1. The Labute approximate surface area is 121 Å². The molecule has 0 fully saturated rings. The summed E-state index contributed by atoms with van der Waals surface area (Å²) in [6.07, 6.45) is 0. The standard InChI is InChI=1S/C14H10Br2F2/c1-8-3-2-4-10(13(8)15)14(16)11-7-9(17)5-6-12(11)18/h2-7,14H,1H3. The molecule has 18 heavy (non-hydrogen) atoms. The molecule has 0 spiro atoms. The van der Waals surface area contributed by atoms with Crippen LogP contribution < -0.4 is 0 Å². The van der Waals surface area contributed by atoms with E-state index >= 15 is 0 Å². The van der Waals surface area contributed by atoms with E-state index in [1.54, 1.807) is 0 Å². The van der Waals surface area contributed by atoms with Crippen molar-refractivity contribution in [3.63, 3.8) is 0 Å². The van der Waals surface area contributed by atoms with E-state index in [1.165, 1.54) is 6.07 Å². The maximum atomic E-state index is 13.7.